The molecule has 62 valence electrons. The molecular formula is C7H5NO4. The van der Waals surface area contributed by atoms with E-state index in [4.69, 9.17) is 5.11 Å². The minimum Gasteiger partial charge on any atom is -0.508 e. The van der Waals surface area contributed by atoms with Gasteiger partial charge < -0.3 is 14.7 Å². The van der Waals surface area contributed by atoms with Crippen molar-refractivity contribution in [3.05, 3.63) is 22.5 Å². The van der Waals surface area contributed by atoms with E-state index in [9.17, 15) is 9.90 Å². The van der Waals surface area contributed by atoms with Crippen molar-refractivity contribution in [3.8, 4) is 11.5 Å². The number of aromatic nitrogens is 1. The van der Waals surface area contributed by atoms with E-state index in [2.05, 4.69) is 4.52 Å². The summed E-state index contributed by atoms with van der Waals surface area (Å²) in [4.78, 5) is 10.9. The van der Waals surface area contributed by atoms with Gasteiger partial charge in [0.15, 0.2) is 5.58 Å². The zero-order chi connectivity index (χ0) is 8.72. The van der Waals surface area contributed by atoms with Crippen LogP contribution in [0.1, 0.15) is 0 Å². The van der Waals surface area contributed by atoms with E-state index < -0.39 is 5.56 Å². The minimum atomic E-state index is -0.512. The van der Waals surface area contributed by atoms with Crippen LogP contribution in [0.3, 0.4) is 0 Å². The van der Waals surface area contributed by atoms with E-state index >= 15 is 0 Å². The van der Waals surface area contributed by atoms with Crippen LogP contribution in [-0.4, -0.2) is 15.4 Å². The number of phenolic OH excluding ortho intramolecular Hbond substituents is 2. The summed E-state index contributed by atoms with van der Waals surface area (Å²) in [7, 11) is 0. The standard InChI is InChI=1S/C7H5NO4/c9-3-1-4(10)6-5(2-3)12-8-7(6)11/h1-2,9-10H,(H,8,11). The molecule has 0 saturated carbocycles. The summed E-state index contributed by atoms with van der Waals surface area (Å²) in [5.41, 5.74) is -0.375. The first-order valence-corrected chi connectivity index (χ1v) is 3.21. The van der Waals surface area contributed by atoms with Crippen molar-refractivity contribution in [1.29, 1.82) is 0 Å². The third-order valence-corrected chi connectivity index (χ3v) is 1.55. The van der Waals surface area contributed by atoms with Gasteiger partial charge in [0.1, 0.15) is 16.9 Å². The third-order valence-electron chi connectivity index (χ3n) is 1.55. The van der Waals surface area contributed by atoms with Crippen LogP contribution < -0.4 is 5.56 Å². The highest BCUT2D eigenvalue weighted by Gasteiger charge is 2.09. The Labute approximate surface area is 65.8 Å². The van der Waals surface area contributed by atoms with Gasteiger partial charge in [-0.1, -0.05) is 0 Å². The van der Waals surface area contributed by atoms with Gasteiger partial charge in [0, 0.05) is 12.1 Å². The van der Waals surface area contributed by atoms with Crippen molar-refractivity contribution in [2.24, 2.45) is 0 Å². The molecule has 1 aromatic carbocycles. The van der Waals surface area contributed by atoms with E-state index in [1.807, 2.05) is 5.16 Å². The van der Waals surface area contributed by atoms with Gasteiger partial charge in [-0.15, -0.1) is 0 Å². The number of phenols is 2. The van der Waals surface area contributed by atoms with Gasteiger partial charge in [0.25, 0.3) is 5.56 Å². The summed E-state index contributed by atoms with van der Waals surface area (Å²) in [5, 5.41) is 20.3. The van der Waals surface area contributed by atoms with Gasteiger partial charge in [-0.25, -0.2) is 0 Å². The maximum atomic E-state index is 10.9. The van der Waals surface area contributed by atoms with Gasteiger partial charge in [-0.3, -0.25) is 4.79 Å². The van der Waals surface area contributed by atoms with Crippen LogP contribution in [-0.2, 0) is 0 Å². The maximum absolute atomic E-state index is 10.9. The highest BCUT2D eigenvalue weighted by Crippen LogP contribution is 2.26. The fourth-order valence-corrected chi connectivity index (χ4v) is 1.05. The molecule has 2 rings (SSSR count). The van der Waals surface area contributed by atoms with Crippen LogP contribution in [0.5, 0.6) is 11.5 Å². The molecule has 0 unspecified atom stereocenters. The summed E-state index contributed by atoms with van der Waals surface area (Å²) >= 11 is 0. The summed E-state index contributed by atoms with van der Waals surface area (Å²) in [6.07, 6.45) is 0. The van der Waals surface area contributed by atoms with Crippen molar-refractivity contribution in [3.63, 3.8) is 0 Å². The molecule has 2 aromatic rings. The lowest BCUT2D eigenvalue weighted by Crippen LogP contribution is -1.96. The van der Waals surface area contributed by atoms with E-state index in [1.165, 1.54) is 6.07 Å². The molecule has 0 spiro atoms. The molecule has 0 aliphatic heterocycles. The normalized spacial score (nSPS) is 10.7. The van der Waals surface area contributed by atoms with Crippen LogP contribution in [0.15, 0.2) is 21.5 Å². The van der Waals surface area contributed by atoms with E-state index in [0.29, 0.717) is 0 Å². The molecule has 5 heteroatoms. The van der Waals surface area contributed by atoms with Crippen LogP contribution in [0.4, 0.5) is 0 Å². The number of aromatic hydroxyl groups is 2. The van der Waals surface area contributed by atoms with E-state index in [0.717, 1.165) is 6.07 Å². The molecule has 0 radical (unpaired) electrons. The first kappa shape index (κ1) is 6.78. The van der Waals surface area contributed by atoms with E-state index in [-0.39, 0.29) is 22.5 Å². The first-order chi connectivity index (χ1) is 5.68. The van der Waals surface area contributed by atoms with Crippen LogP contribution in [0.25, 0.3) is 11.0 Å². The highest BCUT2D eigenvalue weighted by molar-refractivity contribution is 5.83. The van der Waals surface area contributed by atoms with Crippen molar-refractivity contribution in [2.45, 2.75) is 0 Å². The predicted octanol–water partition coefficient (Wildman–Crippen LogP) is 0.532. The minimum absolute atomic E-state index is 0.0489. The fraction of sp³-hybridized carbons (Fsp3) is 0. The molecular weight excluding hydrogens is 162 g/mol. The van der Waals surface area contributed by atoms with Gasteiger partial charge >= 0.3 is 0 Å². The summed E-state index contributed by atoms with van der Waals surface area (Å²) in [6, 6.07) is 2.32. The van der Waals surface area contributed by atoms with Gasteiger partial charge in [0.2, 0.25) is 0 Å². The quantitative estimate of drug-likeness (QED) is 0.534. The monoisotopic (exact) mass is 167 g/mol. The Bertz CT molecular complexity index is 482. The highest BCUT2D eigenvalue weighted by atomic mass is 16.5. The summed E-state index contributed by atoms with van der Waals surface area (Å²) in [5.74, 6) is -0.442. The summed E-state index contributed by atoms with van der Waals surface area (Å²) < 4.78 is 4.65. The molecule has 0 aliphatic carbocycles. The van der Waals surface area contributed by atoms with Crippen molar-refractivity contribution in [2.75, 3.05) is 0 Å². The number of benzene rings is 1. The summed E-state index contributed by atoms with van der Waals surface area (Å²) in [6.45, 7) is 0. The molecule has 12 heavy (non-hydrogen) atoms. The molecule has 0 atom stereocenters. The lowest BCUT2D eigenvalue weighted by atomic mass is 10.2. The Kier molecular flexibility index (Phi) is 1.15. The molecule has 0 bridgehead atoms. The second-order valence-corrected chi connectivity index (χ2v) is 2.37. The lowest BCUT2D eigenvalue weighted by molar-refractivity contribution is 0.439. The molecule has 0 aliphatic rings. The maximum Gasteiger partial charge on any atom is 0.291 e. The smallest absolute Gasteiger partial charge is 0.291 e. The second kappa shape index (κ2) is 2.04. The van der Waals surface area contributed by atoms with Gasteiger partial charge in [-0.05, 0) is 0 Å². The molecule has 1 heterocycles. The number of rotatable bonds is 0. The topological polar surface area (TPSA) is 86.5 Å². The van der Waals surface area contributed by atoms with Gasteiger partial charge in [-0.2, -0.15) is 5.16 Å². The zero-order valence-electron chi connectivity index (χ0n) is 5.87. The number of hydrogen-bond donors (Lipinski definition) is 3. The molecule has 0 amide bonds. The Balaban J connectivity index is 3.03. The van der Waals surface area contributed by atoms with E-state index in [1.54, 1.807) is 0 Å². The molecule has 1 aromatic heterocycles. The number of nitrogens with one attached hydrogen (secondary N) is 1. The zero-order valence-corrected chi connectivity index (χ0v) is 5.87. The SMILES string of the molecule is O=c1[nH]oc2cc(O)cc(O)c12. The molecule has 0 saturated heterocycles. The Hall–Kier alpha value is -1.91. The van der Waals surface area contributed by atoms with Crippen molar-refractivity contribution >= 4 is 11.0 Å². The second-order valence-electron chi connectivity index (χ2n) is 2.37. The predicted molar refractivity (Wildman–Crippen MR) is 40.2 cm³/mol. The van der Waals surface area contributed by atoms with Crippen molar-refractivity contribution in [1.82, 2.24) is 5.16 Å². The Morgan fingerprint density at radius 1 is 1.33 bits per heavy atom. The van der Waals surface area contributed by atoms with Crippen LogP contribution in [0, 0.1) is 0 Å². The fourth-order valence-electron chi connectivity index (χ4n) is 1.05. The number of fused-ring (bicyclic) bond motifs is 1. The Morgan fingerprint density at radius 2 is 2.08 bits per heavy atom. The van der Waals surface area contributed by atoms with Gasteiger partial charge in [0.05, 0.1) is 0 Å². The lowest BCUT2D eigenvalue weighted by Gasteiger charge is -1.92. The third kappa shape index (κ3) is 0.763. The Morgan fingerprint density at radius 3 is 2.83 bits per heavy atom. The molecule has 0 fully saturated rings. The average molecular weight is 167 g/mol. The number of hydrogen-bond acceptors (Lipinski definition) is 4. The average Bonchev–Trinajstić information content (AvgIpc) is 2.31. The van der Waals surface area contributed by atoms with Crippen LogP contribution >= 0.6 is 0 Å². The number of aromatic amines is 1. The van der Waals surface area contributed by atoms with Crippen molar-refractivity contribution < 1.29 is 14.7 Å². The molecule has 3 N–H and O–H groups in total. The molecule has 5 nitrogen and oxygen atoms in total. The first-order valence-electron chi connectivity index (χ1n) is 3.21. The number of H-pyrrole nitrogens is 1. The largest absolute Gasteiger partial charge is 0.508 e. The van der Waals surface area contributed by atoms with Crippen LogP contribution in [0.2, 0.25) is 0 Å².